The number of carbonyl (C=O) groups excluding carboxylic acids is 1. The molecule has 6 heteroatoms. The third-order valence-electron chi connectivity index (χ3n) is 5.81. The highest BCUT2D eigenvalue weighted by Gasteiger charge is 2.26. The maximum atomic E-state index is 14.1. The number of fused-ring (bicyclic) bond motifs is 1. The average Bonchev–Trinajstić information content (AvgIpc) is 3.02. The molecule has 0 radical (unpaired) electrons. The molecule has 32 heavy (non-hydrogen) atoms. The molecular formula is C26H31FN2O2S. The highest BCUT2D eigenvalue weighted by Crippen LogP contribution is 2.44. The highest BCUT2D eigenvalue weighted by atomic mass is 32.2. The summed E-state index contributed by atoms with van der Waals surface area (Å²) in [6.07, 6.45) is 2.29. The van der Waals surface area contributed by atoms with Crippen LogP contribution < -0.4 is 0 Å². The fourth-order valence-corrected chi connectivity index (χ4v) is 4.56. The van der Waals surface area contributed by atoms with Crippen molar-refractivity contribution in [2.24, 2.45) is 0 Å². The second kappa shape index (κ2) is 10.4. The number of allylic oxidation sites excluding steroid dienone is 2. The molecular weight excluding hydrogens is 423 g/mol. The molecule has 0 bridgehead atoms. The summed E-state index contributed by atoms with van der Waals surface area (Å²) in [6, 6.07) is 12.4. The first kappa shape index (κ1) is 24.1. The lowest BCUT2D eigenvalue weighted by atomic mass is 10.0. The fourth-order valence-electron chi connectivity index (χ4n) is 3.79. The maximum absolute atomic E-state index is 14.1. The Morgan fingerprint density at radius 2 is 1.72 bits per heavy atom. The molecule has 1 unspecified atom stereocenters. The summed E-state index contributed by atoms with van der Waals surface area (Å²) in [5.41, 5.74) is 5.54. The minimum absolute atomic E-state index is 0.0176. The predicted octanol–water partition coefficient (Wildman–Crippen LogP) is 4.69. The van der Waals surface area contributed by atoms with Gasteiger partial charge in [-0.3, -0.25) is 9.00 Å². The smallest absolute Gasteiger partial charge is 0.226 e. The zero-order chi connectivity index (χ0) is 23.4. The van der Waals surface area contributed by atoms with Gasteiger partial charge in [-0.15, -0.1) is 0 Å². The van der Waals surface area contributed by atoms with Gasteiger partial charge in [-0.05, 0) is 84.8 Å². The van der Waals surface area contributed by atoms with Crippen molar-refractivity contribution in [2.75, 3.05) is 40.0 Å². The van der Waals surface area contributed by atoms with Crippen molar-refractivity contribution in [3.63, 3.8) is 0 Å². The molecule has 0 spiro atoms. The van der Waals surface area contributed by atoms with E-state index in [1.54, 1.807) is 11.0 Å². The van der Waals surface area contributed by atoms with E-state index in [0.717, 1.165) is 44.8 Å². The first-order valence-electron chi connectivity index (χ1n) is 10.8. The number of hydrogen-bond donors (Lipinski definition) is 0. The van der Waals surface area contributed by atoms with Crippen molar-refractivity contribution in [2.45, 2.75) is 25.2 Å². The summed E-state index contributed by atoms with van der Waals surface area (Å²) in [5.74, 6) is 0.292. The number of amides is 1. The van der Waals surface area contributed by atoms with Gasteiger partial charge in [0.2, 0.25) is 5.91 Å². The zero-order valence-electron chi connectivity index (χ0n) is 19.4. The number of carbonyl (C=O) groups is 1. The van der Waals surface area contributed by atoms with Crippen molar-refractivity contribution in [3.8, 4) is 0 Å². The van der Waals surface area contributed by atoms with Gasteiger partial charge < -0.3 is 9.80 Å². The highest BCUT2D eigenvalue weighted by molar-refractivity contribution is 7.85. The van der Waals surface area contributed by atoms with Gasteiger partial charge in [-0.2, -0.15) is 0 Å². The van der Waals surface area contributed by atoms with Crippen LogP contribution in [-0.4, -0.2) is 59.9 Å². The van der Waals surface area contributed by atoms with E-state index in [1.807, 2.05) is 64.2 Å². The molecule has 4 nitrogen and oxygen atoms in total. The lowest BCUT2D eigenvalue weighted by Crippen LogP contribution is -2.33. The first-order chi connectivity index (χ1) is 15.2. The van der Waals surface area contributed by atoms with Gasteiger partial charge in [0.1, 0.15) is 5.82 Å². The number of halogens is 1. The number of benzene rings is 2. The van der Waals surface area contributed by atoms with Crippen molar-refractivity contribution >= 4 is 33.9 Å². The molecule has 2 aromatic carbocycles. The Labute approximate surface area is 192 Å². The number of likely N-dealkylation sites (N-methyl/N-ethyl adjacent to an activating group) is 2. The van der Waals surface area contributed by atoms with Crippen molar-refractivity contribution in [3.05, 3.63) is 70.5 Å². The monoisotopic (exact) mass is 454 g/mol. The Kier molecular flexibility index (Phi) is 7.80. The van der Waals surface area contributed by atoms with E-state index >= 15 is 0 Å². The lowest BCUT2D eigenvalue weighted by Gasteiger charge is -2.20. The molecule has 0 heterocycles. The van der Waals surface area contributed by atoms with Gasteiger partial charge in [0.15, 0.2) is 0 Å². The van der Waals surface area contributed by atoms with Crippen LogP contribution in [0.25, 0.3) is 17.2 Å². The summed E-state index contributed by atoms with van der Waals surface area (Å²) in [4.78, 5) is 17.5. The number of hydrogen-bond acceptors (Lipinski definition) is 3. The molecule has 0 saturated carbocycles. The summed E-state index contributed by atoms with van der Waals surface area (Å²) in [6.45, 7) is 5.32. The van der Waals surface area contributed by atoms with E-state index in [2.05, 4.69) is 6.08 Å². The Balaban J connectivity index is 1.94. The Bertz CT molecular complexity index is 1090. The second-order valence-corrected chi connectivity index (χ2v) is 10.1. The molecule has 170 valence electrons. The number of nitrogens with zero attached hydrogens (tertiary/aromatic N) is 2. The number of rotatable bonds is 8. The van der Waals surface area contributed by atoms with Gasteiger partial charge >= 0.3 is 0 Å². The van der Waals surface area contributed by atoms with E-state index < -0.39 is 10.8 Å². The molecule has 0 N–H and O–H groups in total. The van der Waals surface area contributed by atoms with E-state index in [-0.39, 0.29) is 18.1 Å². The summed E-state index contributed by atoms with van der Waals surface area (Å²) >= 11 is 0. The Morgan fingerprint density at radius 3 is 2.34 bits per heavy atom. The van der Waals surface area contributed by atoms with Crippen molar-refractivity contribution in [1.82, 2.24) is 9.80 Å². The normalized spacial score (nSPS) is 15.4. The molecule has 0 fully saturated rings. The van der Waals surface area contributed by atoms with Crippen LogP contribution in [0.5, 0.6) is 0 Å². The van der Waals surface area contributed by atoms with E-state index in [0.29, 0.717) is 12.3 Å². The van der Waals surface area contributed by atoms with Crippen LogP contribution in [0.1, 0.15) is 37.0 Å². The first-order valence-corrected chi connectivity index (χ1v) is 12.1. The molecule has 1 atom stereocenters. The summed E-state index contributed by atoms with van der Waals surface area (Å²) < 4.78 is 26.1. The Morgan fingerprint density at radius 1 is 1.03 bits per heavy atom. The van der Waals surface area contributed by atoms with Crippen molar-refractivity contribution < 1.29 is 13.4 Å². The predicted molar refractivity (Wildman–Crippen MR) is 131 cm³/mol. The van der Waals surface area contributed by atoms with Gasteiger partial charge in [-0.25, -0.2) is 4.39 Å². The SMILES string of the molecule is CCS(=O)c1ccc(C=C2C(C)=C(CC(=O)N(C)CCN(C)C)c3cc(F)ccc32)cc1. The second-order valence-electron chi connectivity index (χ2n) is 8.35. The third-order valence-corrected chi connectivity index (χ3v) is 7.13. The third kappa shape index (κ3) is 5.43. The van der Waals surface area contributed by atoms with Crippen molar-refractivity contribution in [1.29, 1.82) is 0 Å². The van der Waals surface area contributed by atoms with Gasteiger partial charge in [0, 0.05) is 30.8 Å². The van der Waals surface area contributed by atoms with Gasteiger partial charge in [0.25, 0.3) is 0 Å². The minimum atomic E-state index is -0.987. The van der Waals surface area contributed by atoms with Crippen LogP contribution in [0, 0.1) is 5.82 Å². The fraction of sp³-hybridized carbons (Fsp3) is 0.346. The molecule has 0 saturated heterocycles. The largest absolute Gasteiger partial charge is 0.344 e. The molecule has 2 aromatic rings. The molecule has 0 aromatic heterocycles. The van der Waals surface area contributed by atoms with Gasteiger partial charge in [0.05, 0.1) is 17.2 Å². The molecule has 1 aliphatic rings. The Hall–Kier alpha value is -2.57. The van der Waals surface area contributed by atoms with E-state index in [9.17, 15) is 13.4 Å². The van der Waals surface area contributed by atoms with Gasteiger partial charge in [-0.1, -0.05) is 25.1 Å². The van der Waals surface area contributed by atoms with Crippen LogP contribution in [0.4, 0.5) is 4.39 Å². The molecule has 1 amide bonds. The molecule has 3 rings (SSSR count). The zero-order valence-corrected chi connectivity index (χ0v) is 20.3. The van der Waals surface area contributed by atoms with Crippen LogP contribution in [0.3, 0.4) is 0 Å². The summed E-state index contributed by atoms with van der Waals surface area (Å²) in [5, 5.41) is 0. The van der Waals surface area contributed by atoms with Crippen LogP contribution in [-0.2, 0) is 15.6 Å². The minimum Gasteiger partial charge on any atom is -0.344 e. The van der Waals surface area contributed by atoms with E-state index in [1.165, 1.54) is 12.1 Å². The van der Waals surface area contributed by atoms with Crippen LogP contribution in [0.15, 0.2) is 52.9 Å². The lowest BCUT2D eigenvalue weighted by molar-refractivity contribution is -0.128. The van der Waals surface area contributed by atoms with Crippen LogP contribution >= 0.6 is 0 Å². The molecule has 1 aliphatic carbocycles. The van der Waals surface area contributed by atoms with E-state index in [4.69, 9.17) is 0 Å². The average molecular weight is 455 g/mol. The van der Waals surface area contributed by atoms with Crippen LogP contribution in [0.2, 0.25) is 0 Å². The molecule has 0 aliphatic heterocycles. The standard InChI is InChI=1S/C26H31FN2O2S/c1-6-32(31)21-10-7-19(8-11-21)15-23-18(2)24(25-16-20(27)9-12-22(23)25)17-26(30)29(5)14-13-28(3)4/h7-12,15-16H,6,13-14,17H2,1-5H3. The topological polar surface area (TPSA) is 40.6 Å². The maximum Gasteiger partial charge on any atom is 0.226 e. The summed E-state index contributed by atoms with van der Waals surface area (Å²) in [7, 11) is 4.77. The quantitative estimate of drug-likeness (QED) is 0.581.